The van der Waals surface area contributed by atoms with Crippen LogP contribution in [0.5, 0.6) is 0 Å². The van der Waals surface area contributed by atoms with Crippen molar-refractivity contribution in [3.8, 4) is 0 Å². The van der Waals surface area contributed by atoms with Crippen LogP contribution in [0.15, 0.2) is 0 Å². The van der Waals surface area contributed by atoms with Gasteiger partial charge in [-0.1, -0.05) is 0 Å². The Kier molecular flexibility index (Phi) is 2.77. The second-order valence-electron chi connectivity index (χ2n) is 4.23. The molecule has 0 amide bonds. The molecule has 0 aromatic carbocycles. The molecule has 5 atom stereocenters. The molecule has 0 aromatic heterocycles. The Balaban J connectivity index is 2.15. The molecular weight excluding hydrogens is 186 g/mol. The largest absolute Gasteiger partial charge is 0.395 e. The lowest BCUT2D eigenvalue weighted by Gasteiger charge is -2.40. The van der Waals surface area contributed by atoms with Gasteiger partial charge in [0, 0.05) is 12.6 Å². The molecule has 0 radical (unpaired) electrons. The van der Waals surface area contributed by atoms with E-state index in [2.05, 4.69) is 0 Å². The minimum atomic E-state index is -0.889. The Bertz CT molecular complexity index is 213. The first-order valence-electron chi connectivity index (χ1n) is 5.06. The fourth-order valence-electron chi connectivity index (χ4n) is 2.61. The summed E-state index contributed by atoms with van der Waals surface area (Å²) in [6, 6.07) is -0.439. The van der Waals surface area contributed by atoms with Gasteiger partial charge in [0.15, 0.2) is 0 Å². The molecular formula is C9H17NO4. The van der Waals surface area contributed by atoms with Crippen molar-refractivity contribution in [2.45, 2.75) is 43.2 Å². The number of aliphatic hydroxyl groups excluding tert-OH is 4. The van der Waals surface area contributed by atoms with Gasteiger partial charge in [0.05, 0.1) is 31.0 Å². The number of piperidine rings is 1. The summed E-state index contributed by atoms with van der Waals surface area (Å²) in [6.45, 7) is 0.358. The van der Waals surface area contributed by atoms with Crippen LogP contribution in [0.1, 0.15) is 12.8 Å². The Labute approximate surface area is 82.6 Å². The highest BCUT2D eigenvalue weighted by molar-refractivity contribution is 5.02. The summed E-state index contributed by atoms with van der Waals surface area (Å²) in [7, 11) is 0. The van der Waals surface area contributed by atoms with E-state index in [0.29, 0.717) is 19.4 Å². The highest BCUT2D eigenvalue weighted by atomic mass is 16.3. The van der Waals surface area contributed by atoms with Crippen molar-refractivity contribution in [1.82, 2.24) is 4.90 Å². The maximum absolute atomic E-state index is 9.69. The summed E-state index contributed by atoms with van der Waals surface area (Å²) in [5.41, 5.74) is 0. The Morgan fingerprint density at radius 2 is 1.79 bits per heavy atom. The molecule has 2 fully saturated rings. The number of hydrogen-bond acceptors (Lipinski definition) is 5. The van der Waals surface area contributed by atoms with E-state index >= 15 is 0 Å². The molecule has 2 aliphatic heterocycles. The smallest absolute Gasteiger partial charge is 0.0991 e. The van der Waals surface area contributed by atoms with Crippen molar-refractivity contribution in [1.29, 1.82) is 0 Å². The summed E-state index contributed by atoms with van der Waals surface area (Å²) < 4.78 is 0. The third-order valence-electron chi connectivity index (χ3n) is 3.39. The van der Waals surface area contributed by atoms with Gasteiger partial charge in [-0.3, -0.25) is 4.90 Å². The van der Waals surface area contributed by atoms with Crippen LogP contribution in [0.4, 0.5) is 0 Å². The Morgan fingerprint density at radius 1 is 1.07 bits per heavy atom. The third-order valence-corrected chi connectivity index (χ3v) is 3.39. The second kappa shape index (κ2) is 3.75. The average molecular weight is 203 g/mol. The number of nitrogens with zero attached hydrogens (tertiary/aromatic N) is 1. The lowest BCUT2D eigenvalue weighted by Crippen LogP contribution is -2.54. The van der Waals surface area contributed by atoms with E-state index in [1.54, 1.807) is 0 Å². The molecule has 5 nitrogen and oxygen atoms in total. The molecule has 0 saturated carbocycles. The topological polar surface area (TPSA) is 84.2 Å². The van der Waals surface area contributed by atoms with Gasteiger partial charge in [-0.15, -0.1) is 0 Å². The highest BCUT2D eigenvalue weighted by Crippen LogP contribution is 2.31. The SMILES string of the molecule is OC[C@H]1CC[C@@H](O)[C@@H]2[C@H](O)[C@H](O)CN12. The number of aliphatic hydroxyl groups is 4. The lowest BCUT2D eigenvalue weighted by atomic mass is 9.93. The van der Waals surface area contributed by atoms with Crippen LogP contribution in [0.2, 0.25) is 0 Å². The standard InChI is InChI=1S/C9H17NO4/c11-4-5-1-2-6(12)8-9(14)7(13)3-10(5)8/h5-9,11-14H,1-4H2/t5-,6-,7-,8-,9-/m1/s1. The normalized spacial score (nSPS) is 49.3. The molecule has 5 heteroatoms. The van der Waals surface area contributed by atoms with E-state index in [4.69, 9.17) is 5.11 Å². The van der Waals surface area contributed by atoms with E-state index in [9.17, 15) is 15.3 Å². The molecule has 82 valence electrons. The first-order valence-corrected chi connectivity index (χ1v) is 5.06. The fraction of sp³-hybridized carbons (Fsp3) is 1.00. The quantitative estimate of drug-likeness (QED) is 0.393. The summed E-state index contributed by atoms with van der Waals surface area (Å²) in [4.78, 5) is 1.82. The van der Waals surface area contributed by atoms with Gasteiger partial charge in [-0.25, -0.2) is 0 Å². The zero-order valence-electron chi connectivity index (χ0n) is 7.95. The molecule has 4 N–H and O–H groups in total. The van der Waals surface area contributed by atoms with Gasteiger partial charge in [0.2, 0.25) is 0 Å². The van der Waals surface area contributed by atoms with Crippen molar-refractivity contribution >= 4 is 0 Å². The molecule has 0 spiro atoms. The molecule has 0 unspecified atom stereocenters. The van der Waals surface area contributed by atoms with E-state index < -0.39 is 24.4 Å². The number of hydrogen-bond donors (Lipinski definition) is 4. The van der Waals surface area contributed by atoms with Gasteiger partial charge >= 0.3 is 0 Å². The van der Waals surface area contributed by atoms with Crippen LogP contribution in [0.25, 0.3) is 0 Å². The molecule has 0 aliphatic carbocycles. The number of fused-ring (bicyclic) bond motifs is 1. The lowest BCUT2D eigenvalue weighted by molar-refractivity contribution is -0.0536. The van der Waals surface area contributed by atoms with Crippen LogP contribution in [-0.4, -0.2) is 68.9 Å². The number of rotatable bonds is 1. The Morgan fingerprint density at radius 3 is 2.43 bits per heavy atom. The minimum Gasteiger partial charge on any atom is -0.395 e. The summed E-state index contributed by atoms with van der Waals surface area (Å²) in [5.74, 6) is 0. The van der Waals surface area contributed by atoms with Crippen LogP contribution in [0.3, 0.4) is 0 Å². The molecule has 2 saturated heterocycles. The van der Waals surface area contributed by atoms with E-state index in [1.165, 1.54) is 0 Å². The van der Waals surface area contributed by atoms with Gasteiger partial charge < -0.3 is 20.4 Å². The molecule has 0 bridgehead atoms. The molecule has 2 heterocycles. The second-order valence-corrected chi connectivity index (χ2v) is 4.23. The Hall–Kier alpha value is -0.200. The predicted octanol–water partition coefficient (Wildman–Crippen LogP) is -2.09. The van der Waals surface area contributed by atoms with Crippen LogP contribution < -0.4 is 0 Å². The summed E-state index contributed by atoms with van der Waals surface area (Å²) >= 11 is 0. The van der Waals surface area contributed by atoms with Crippen molar-refractivity contribution < 1.29 is 20.4 Å². The van der Waals surface area contributed by atoms with Crippen molar-refractivity contribution in [3.05, 3.63) is 0 Å². The van der Waals surface area contributed by atoms with Gasteiger partial charge in [-0.05, 0) is 12.8 Å². The summed E-state index contributed by atoms with van der Waals surface area (Å²) in [6.07, 6.45) is -0.991. The predicted molar refractivity (Wildman–Crippen MR) is 48.6 cm³/mol. The third kappa shape index (κ3) is 1.45. The highest BCUT2D eigenvalue weighted by Gasteiger charge is 2.48. The van der Waals surface area contributed by atoms with E-state index in [0.717, 1.165) is 0 Å². The van der Waals surface area contributed by atoms with Crippen LogP contribution >= 0.6 is 0 Å². The first-order chi connectivity index (χ1) is 6.65. The van der Waals surface area contributed by atoms with E-state index in [1.807, 2.05) is 4.90 Å². The van der Waals surface area contributed by atoms with Gasteiger partial charge in [0.25, 0.3) is 0 Å². The maximum Gasteiger partial charge on any atom is 0.0991 e. The van der Waals surface area contributed by atoms with Crippen molar-refractivity contribution in [3.63, 3.8) is 0 Å². The van der Waals surface area contributed by atoms with Crippen LogP contribution in [0, 0.1) is 0 Å². The zero-order valence-corrected chi connectivity index (χ0v) is 7.95. The fourth-order valence-corrected chi connectivity index (χ4v) is 2.61. The van der Waals surface area contributed by atoms with Crippen molar-refractivity contribution in [2.24, 2.45) is 0 Å². The van der Waals surface area contributed by atoms with Crippen LogP contribution in [-0.2, 0) is 0 Å². The van der Waals surface area contributed by atoms with Crippen molar-refractivity contribution in [2.75, 3.05) is 13.2 Å². The molecule has 2 rings (SSSR count). The molecule has 2 aliphatic rings. The molecule has 0 aromatic rings. The average Bonchev–Trinajstić information content (AvgIpc) is 2.45. The van der Waals surface area contributed by atoms with Gasteiger partial charge in [0.1, 0.15) is 0 Å². The zero-order chi connectivity index (χ0) is 10.3. The van der Waals surface area contributed by atoms with E-state index in [-0.39, 0.29) is 12.6 Å². The minimum absolute atomic E-state index is 0.0165. The monoisotopic (exact) mass is 203 g/mol. The van der Waals surface area contributed by atoms with Gasteiger partial charge in [-0.2, -0.15) is 0 Å². The maximum atomic E-state index is 9.69. The summed E-state index contributed by atoms with van der Waals surface area (Å²) in [5, 5.41) is 37.9. The molecule has 14 heavy (non-hydrogen) atoms. The first kappa shape index (κ1) is 10.3.